The third kappa shape index (κ3) is 4.03. The molecule has 1 aromatic carbocycles. The molecule has 1 amide bonds. The van der Waals surface area contributed by atoms with E-state index in [1.165, 1.54) is 5.56 Å². The zero-order chi connectivity index (χ0) is 18.9. The summed E-state index contributed by atoms with van der Waals surface area (Å²) in [6.45, 7) is 11.7. The molecule has 3 rings (SSSR count). The molecule has 0 aromatic heterocycles. The van der Waals surface area contributed by atoms with Gasteiger partial charge in [-0.1, -0.05) is 18.5 Å². The Hall–Kier alpha value is -1.62. The average molecular weight is 381 g/mol. The summed E-state index contributed by atoms with van der Waals surface area (Å²) in [6, 6.07) is 2.21. The number of rotatable bonds is 2. The minimum absolute atomic E-state index is 0.255. The predicted molar refractivity (Wildman–Crippen MR) is 105 cm³/mol. The summed E-state index contributed by atoms with van der Waals surface area (Å²) in [6.07, 6.45) is 2.33. The zero-order valence-electron chi connectivity index (χ0n) is 16.2. The fraction of sp³-hybridized carbons (Fsp3) is 0.650. The molecule has 0 saturated carbocycles. The maximum absolute atomic E-state index is 12.4. The first-order valence-corrected chi connectivity index (χ1v) is 9.88. The van der Waals surface area contributed by atoms with Gasteiger partial charge in [-0.25, -0.2) is 4.79 Å². The van der Waals surface area contributed by atoms with Crippen LogP contribution in [0.1, 0.15) is 45.2 Å². The monoisotopic (exact) mass is 380 g/mol. The molecule has 6 heteroatoms. The molecule has 0 bridgehead atoms. The Bertz CT molecular complexity index is 685. The molecule has 144 valence electrons. The number of ether oxygens (including phenoxy) is 2. The highest BCUT2D eigenvalue weighted by Gasteiger charge is 2.29. The van der Waals surface area contributed by atoms with Crippen molar-refractivity contribution in [2.75, 3.05) is 37.7 Å². The maximum Gasteiger partial charge on any atom is 0.410 e. The van der Waals surface area contributed by atoms with Gasteiger partial charge < -0.3 is 19.3 Å². The van der Waals surface area contributed by atoms with Gasteiger partial charge in [0.25, 0.3) is 0 Å². The van der Waals surface area contributed by atoms with Gasteiger partial charge >= 0.3 is 6.09 Å². The predicted octanol–water partition coefficient (Wildman–Crippen LogP) is 4.28. The SMILES string of the molecule is CCCN1CCOc2c1cc1c(c2Cl)CCN(C(=O)OC(C)(C)C)CC1. The normalized spacial score (nSPS) is 17.1. The van der Waals surface area contributed by atoms with Crippen LogP contribution in [0.4, 0.5) is 10.5 Å². The van der Waals surface area contributed by atoms with Crippen LogP contribution < -0.4 is 9.64 Å². The minimum Gasteiger partial charge on any atom is -0.488 e. The Morgan fingerprint density at radius 3 is 2.69 bits per heavy atom. The molecule has 2 aliphatic heterocycles. The standard InChI is InChI=1S/C20H29ClN2O3/c1-5-8-22-11-12-25-18-16(22)13-14-6-9-23(10-7-15(14)17(18)21)19(24)26-20(2,3)4/h13H,5-12H2,1-4H3. The van der Waals surface area contributed by atoms with E-state index in [-0.39, 0.29) is 6.09 Å². The molecule has 0 unspecified atom stereocenters. The van der Waals surface area contributed by atoms with Crippen molar-refractivity contribution >= 4 is 23.4 Å². The number of carbonyl (C=O) groups excluding carboxylic acids is 1. The molecule has 0 fully saturated rings. The van der Waals surface area contributed by atoms with Crippen LogP contribution in [-0.4, -0.2) is 49.4 Å². The summed E-state index contributed by atoms with van der Waals surface area (Å²) in [7, 11) is 0. The number of fused-ring (bicyclic) bond motifs is 2. The molecular weight excluding hydrogens is 352 g/mol. The second kappa shape index (κ2) is 7.55. The van der Waals surface area contributed by atoms with E-state index < -0.39 is 5.60 Å². The van der Waals surface area contributed by atoms with Crippen LogP contribution in [0.5, 0.6) is 5.75 Å². The van der Waals surface area contributed by atoms with E-state index in [1.54, 1.807) is 4.90 Å². The van der Waals surface area contributed by atoms with E-state index >= 15 is 0 Å². The molecule has 1 aromatic rings. The van der Waals surface area contributed by atoms with Crippen LogP contribution in [0.2, 0.25) is 5.02 Å². The van der Waals surface area contributed by atoms with E-state index in [2.05, 4.69) is 17.9 Å². The van der Waals surface area contributed by atoms with Crippen molar-refractivity contribution in [3.05, 3.63) is 22.2 Å². The fourth-order valence-corrected chi connectivity index (χ4v) is 3.94. The van der Waals surface area contributed by atoms with E-state index in [4.69, 9.17) is 21.1 Å². The van der Waals surface area contributed by atoms with Crippen LogP contribution in [0.15, 0.2) is 6.07 Å². The highest BCUT2D eigenvalue weighted by molar-refractivity contribution is 6.33. The van der Waals surface area contributed by atoms with Crippen LogP contribution in [0.25, 0.3) is 0 Å². The number of benzene rings is 1. The molecule has 0 saturated heterocycles. The van der Waals surface area contributed by atoms with Gasteiger partial charge in [0.15, 0.2) is 5.75 Å². The second-order valence-corrected chi connectivity index (χ2v) is 8.36. The van der Waals surface area contributed by atoms with Crippen LogP contribution >= 0.6 is 11.6 Å². The third-order valence-electron chi connectivity index (χ3n) is 4.77. The lowest BCUT2D eigenvalue weighted by Gasteiger charge is -2.33. The Kier molecular flexibility index (Phi) is 5.56. The van der Waals surface area contributed by atoms with Crippen molar-refractivity contribution in [1.29, 1.82) is 0 Å². The Balaban J connectivity index is 1.84. The van der Waals surface area contributed by atoms with E-state index in [0.717, 1.165) is 49.4 Å². The molecule has 26 heavy (non-hydrogen) atoms. The lowest BCUT2D eigenvalue weighted by atomic mass is 10.00. The number of nitrogens with zero attached hydrogens (tertiary/aromatic N) is 2. The fourth-order valence-electron chi connectivity index (χ4n) is 3.58. The van der Waals surface area contributed by atoms with E-state index in [1.807, 2.05) is 20.8 Å². The van der Waals surface area contributed by atoms with Crippen molar-refractivity contribution in [2.45, 2.75) is 52.6 Å². The van der Waals surface area contributed by atoms with Gasteiger partial charge in [0.1, 0.15) is 12.2 Å². The zero-order valence-corrected chi connectivity index (χ0v) is 17.0. The number of amides is 1. The molecule has 5 nitrogen and oxygen atoms in total. The highest BCUT2D eigenvalue weighted by Crippen LogP contribution is 2.43. The molecule has 2 aliphatic rings. The molecule has 0 N–H and O–H groups in total. The van der Waals surface area contributed by atoms with Crippen molar-refractivity contribution in [3.8, 4) is 5.75 Å². The minimum atomic E-state index is -0.485. The quantitative estimate of drug-likeness (QED) is 0.767. The summed E-state index contributed by atoms with van der Waals surface area (Å²) in [5, 5.41) is 0.712. The Labute approximate surface area is 161 Å². The molecule has 0 radical (unpaired) electrons. The average Bonchev–Trinajstić information content (AvgIpc) is 2.77. The molecule has 0 spiro atoms. The maximum atomic E-state index is 12.4. The third-order valence-corrected chi connectivity index (χ3v) is 5.17. The van der Waals surface area contributed by atoms with Gasteiger partial charge in [-0.2, -0.15) is 0 Å². The van der Waals surface area contributed by atoms with Gasteiger partial charge in [-0.05, 0) is 57.2 Å². The first kappa shape index (κ1) is 19.2. The van der Waals surface area contributed by atoms with Gasteiger partial charge in [0.05, 0.1) is 17.3 Å². The lowest BCUT2D eigenvalue weighted by Crippen LogP contribution is -2.38. The summed E-state index contributed by atoms with van der Waals surface area (Å²) in [5.41, 5.74) is 2.93. The summed E-state index contributed by atoms with van der Waals surface area (Å²) in [5.74, 6) is 0.802. The topological polar surface area (TPSA) is 42.0 Å². The Morgan fingerprint density at radius 2 is 2.00 bits per heavy atom. The van der Waals surface area contributed by atoms with Crippen molar-refractivity contribution in [3.63, 3.8) is 0 Å². The van der Waals surface area contributed by atoms with Gasteiger partial charge in [-0.3, -0.25) is 0 Å². The van der Waals surface area contributed by atoms with Gasteiger partial charge in [0, 0.05) is 19.6 Å². The molecule has 0 aliphatic carbocycles. The number of hydrogen-bond acceptors (Lipinski definition) is 4. The van der Waals surface area contributed by atoms with Crippen LogP contribution in [0, 0.1) is 0 Å². The number of hydrogen-bond donors (Lipinski definition) is 0. The highest BCUT2D eigenvalue weighted by atomic mass is 35.5. The van der Waals surface area contributed by atoms with Gasteiger partial charge in [0.2, 0.25) is 0 Å². The number of halogens is 1. The van der Waals surface area contributed by atoms with Crippen molar-refractivity contribution in [1.82, 2.24) is 4.90 Å². The smallest absolute Gasteiger partial charge is 0.410 e. The van der Waals surface area contributed by atoms with Crippen molar-refractivity contribution in [2.24, 2.45) is 0 Å². The number of carbonyl (C=O) groups is 1. The lowest BCUT2D eigenvalue weighted by molar-refractivity contribution is 0.0258. The number of anilines is 1. The Morgan fingerprint density at radius 1 is 1.27 bits per heavy atom. The summed E-state index contributed by atoms with van der Waals surface area (Å²) >= 11 is 6.73. The first-order valence-electron chi connectivity index (χ1n) is 9.50. The van der Waals surface area contributed by atoms with Crippen LogP contribution in [-0.2, 0) is 17.6 Å². The molecule has 0 atom stereocenters. The summed E-state index contributed by atoms with van der Waals surface area (Å²) in [4.78, 5) is 16.6. The van der Waals surface area contributed by atoms with Gasteiger partial charge in [-0.15, -0.1) is 0 Å². The molecule has 2 heterocycles. The van der Waals surface area contributed by atoms with E-state index in [0.29, 0.717) is 24.7 Å². The molecular formula is C20H29ClN2O3. The van der Waals surface area contributed by atoms with Crippen LogP contribution in [0.3, 0.4) is 0 Å². The first-order chi connectivity index (χ1) is 12.3. The van der Waals surface area contributed by atoms with Crippen molar-refractivity contribution < 1.29 is 14.3 Å². The second-order valence-electron chi connectivity index (χ2n) is 7.98. The summed E-state index contributed by atoms with van der Waals surface area (Å²) < 4.78 is 11.4. The largest absolute Gasteiger partial charge is 0.488 e. The van der Waals surface area contributed by atoms with E-state index in [9.17, 15) is 4.79 Å².